The lowest BCUT2D eigenvalue weighted by Gasteiger charge is -2.23. The minimum absolute atomic E-state index is 0.370. The zero-order chi connectivity index (χ0) is 18.5. The molecule has 136 valence electrons. The highest BCUT2D eigenvalue weighted by molar-refractivity contribution is 6.06. The number of aryl methyl sites for hydroxylation is 1. The summed E-state index contributed by atoms with van der Waals surface area (Å²) in [5, 5.41) is 0. The summed E-state index contributed by atoms with van der Waals surface area (Å²) in [6, 6.07) is 19.7. The molecule has 0 bridgehead atoms. The van der Waals surface area contributed by atoms with Crippen LogP contribution in [-0.2, 0) is 0 Å². The molecule has 0 spiro atoms. The molecule has 0 fully saturated rings. The summed E-state index contributed by atoms with van der Waals surface area (Å²) in [7, 11) is 0. The molecule has 1 heterocycles. The summed E-state index contributed by atoms with van der Waals surface area (Å²) in [5.74, 6) is 1.63. The zero-order valence-corrected chi connectivity index (χ0v) is 16.4. The second-order valence-electron chi connectivity index (χ2n) is 8.13. The minimum Gasteiger partial charge on any atom is -0.288 e. The van der Waals surface area contributed by atoms with Crippen LogP contribution >= 0.6 is 0 Å². The number of nitrogens with zero attached hydrogens (tertiary/aromatic N) is 1. The van der Waals surface area contributed by atoms with Crippen molar-refractivity contribution in [2.75, 3.05) is 6.54 Å². The van der Waals surface area contributed by atoms with Gasteiger partial charge in [0.25, 0.3) is 0 Å². The first-order valence-electron chi connectivity index (χ1n) is 9.87. The highest BCUT2D eigenvalue weighted by Crippen LogP contribution is 2.38. The van der Waals surface area contributed by atoms with Gasteiger partial charge < -0.3 is 0 Å². The number of benzene rings is 2. The molecule has 1 aliphatic rings. The van der Waals surface area contributed by atoms with Crippen LogP contribution in [0.5, 0.6) is 0 Å². The second kappa shape index (κ2) is 8.49. The zero-order valence-electron chi connectivity index (χ0n) is 16.4. The fraction of sp³-hybridized carbons (Fsp3) is 0.400. The number of allylic oxidation sites excluding steroid dienone is 1. The quantitative estimate of drug-likeness (QED) is 0.503. The maximum Gasteiger partial charge on any atom is 0.0499 e. The Labute approximate surface area is 158 Å². The van der Waals surface area contributed by atoms with Gasteiger partial charge in [-0.25, -0.2) is 0 Å². The van der Waals surface area contributed by atoms with Crippen molar-refractivity contribution in [3.05, 3.63) is 83.4 Å². The van der Waals surface area contributed by atoms with E-state index in [0.29, 0.717) is 11.8 Å². The van der Waals surface area contributed by atoms with Gasteiger partial charge in [0, 0.05) is 18.2 Å². The van der Waals surface area contributed by atoms with Crippen molar-refractivity contribution in [2.45, 2.75) is 46.0 Å². The molecule has 2 aromatic carbocycles. The normalized spacial score (nSPS) is 19.6. The Kier molecular flexibility index (Phi) is 6.08. The smallest absolute Gasteiger partial charge is 0.0499 e. The Hall–Kier alpha value is -2.15. The predicted molar refractivity (Wildman–Crippen MR) is 113 cm³/mol. The third kappa shape index (κ3) is 4.52. The molecular weight excluding hydrogens is 314 g/mol. The van der Waals surface area contributed by atoms with E-state index in [9.17, 15) is 0 Å². The van der Waals surface area contributed by atoms with Crippen molar-refractivity contribution in [3.8, 4) is 0 Å². The largest absolute Gasteiger partial charge is 0.288 e. The molecule has 1 heteroatoms. The van der Waals surface area contributed by atoms with Crippen LogP contribution < -0.4 is 0 Å². The number of rotatable bonds is 7. The first-order valence-corrected chi connectivity index (χ1v) is 9.87. The fourth-order valence-electron chi connectivity index (χ4n) is 3.88. The van der Waals surface area contributed by atoms with Crippen LogP contribution in [0.25, 0.3) is 0 Å². The van der Waals surface area contributed by atoms with Crippen LogP contribution in [0.1, 0.15) is 55.7 Å². The van der Waals surface area contributed by atoms with Crippen molar-refractivity contribution in [3.63, 3.8) is 0 Å². The van der Waals surface area contributed by atoms with E-state index in [1.165, 1.54) is 34.4 Å². The van der Waals surface area contributed by atoms with Crippen molar-refractivity contribution < 1.29 is 0 Å². The van der Waals surface area contributed by atoms with Crippen molar-refractivity contribution in [1.82, 2.24) is 0 Å². The van der Waals surface area contributed by atoms with Gasteiger partial charge in [-0.1, -0.05) is 86.2 Å². The van der Waals surface area contributed by atoms with Crippen LogP contribution in [0.4, 0.5) is 0 Å². The Morgan fingerprint density at radius 2 is 1.77 bits per heavy atom. The van der Waals surface area contributed by atoms with Crippen LogP contribution in [0, 0.1) is 18.8 Å². The van der Waals surface area contributed by atoms with E-state index >= 15 is 0 Å². The molecule has 2 atom stereocenters. The molecule has 2 aromatic rings. The summed E-state index contributed by atoms with van der Waals surface area (Å²) in [5.41, 5.74) is 6.57. The monoisotopic (exact) mass is 345 g/mol. The molecule has 1 nitrogen and oxygen atoms in total. The van der Waals surface area contributed by atoms with Gasteiger partial charge in [-0.3, -0.25) is 4.99 Å². The Balaban J connectivity index is 1.82. The summed E-state index contributed by atoms with van der Waals surface area (Å²) < 4.78 is 0. The van der Waals surface area contributed by atoms with Gasteiger partial charge in [-0.05, 0) is 49.1 Å². The molecule has 0 N–H and O–H groups in total. The maximum atomic E-state index is 5.00. The first kappa shape index (κ1) is 18.6. The molecule has 0 amide bonds. The Morgan fingerprint density at radius 3 is 2.42 bits per heavy atom. The topological polar surface area (TPSA) is 12.4 Å². The van der Waals surface area contributed by atoms with E-state index in [2.05, 4.69) is 81.9 Å². The van der Waals surface area contributed by atoms with Crippen LogP contribution in [0.2, 0.25) is 0 Å². The number of hydrogen-bond donors (Lipinski definition) is 0. The van der Waals surface area contributed by atoms with Gasteiger partial charge in [0.1, 0.15) is 0 Å². The first-order chi connectivity index (χ1) is 12.5. The van der Waals surface area contributed by atoms with E-state index in [0.717, 1.165) is 25.3 Å². The van der Waals surface area contributed by atoms with Gasteiger partial charge in [-0.15, -0.1) is 0 Å². The molecule has 0 saturated heterocycles. The summed E-state index contributed by atoms with van der Waals surface area (Å²) in [6.07, 6.45) is 3.44. The summed E-state index contributed by atoms with van der Waals surface area (Å²) >= 11 is 0. The number of aliphatic imine (C=N–C) groups is 1. The van der Waals surface area contributed by atoms with E-state index in [1.807, 2.05) is 0 Å². The molecule has 26 heavy (non-hydrogen) atoms. The Morgan fingerprint density at radius 1 is 1.08 bits per heavy atom. The van der Waals surface area contributed by atoms with Crippen LogP contribution in [0.15, 0.2) is 71.7 Å². The average Bonchev–Trinajstić information content (AvgIpc) is 3.05. The summed E-state index contributed by atoms with van der Waals surface area (Å²) in [4.78, 5) is 5.00. The minimum atomic E-state index is 0.370. The van der Waals surface area contributed by atoms with Crippen LogP contribution in [-0.4, -0.2) is 12.3 Å². The second-order valence-corrected chi connectivity index (χ2v) is 8.13. The maximum absolute atomic E-state index is 5.00. The lowest BCUT2D eigenvalue weighted by molar-refractivity contribution is 0.507. The molecular formula is C25H31N. The molecule has 0 aliphatic carbocycles. The van der Waals surface area contributed by atoms with Crippen molar-refractivity contribution in [1.29, 1.82) is 0 Å². The third-order valence-corrected chi connectivity index (χ3v) is 5.39. The standard InChI is InChI=1S/C25H31N/c1-18(2)10-11-20(4)16-23-17-26-25(22-14-12-19(3)13-15-22)24(23)21-8-6-5-7-9-21/h5-9,12-15,18,23-24H,4,10-11,16-17H2,1-3H3. The van der Waals surface area contributed by atoms with Crippen LogP contribution in [0.3, 0.4) is 0 Å². The predicted octanol–water partition coefficient (Wildman–Crippen LogP) is 6.58. The SMILES string of the molecule is C=C(CCC(C)C)CC1CN=C(c2ccc(C)cc2)C1c1ccccc1. The fourth-order valence-corrected chi connectivity index (χ4v) is 3.88. The molecule has 3 rings (SSSR count). The molecule has 2 unspecified atom stereocenters. The van der Waals surface area contributed by atoms with Gasteiger partial charge in [0.05, 0.1) is 0 Å². The van der Waals surface area contributed by atoms with E-state index in [-0.39, 0.29) is 0 Å². The van der Waals surface area contributed by atoms with Crippen molar-refractivity contribution in [2.24, 2.45) is 16.8 Å². The highest BCUT2D eigenvalue weighted by atomic mass is 14.8. The molecule has 0 saturated carbocycles. The highest BCUT2D eigenvalue weighted by Gasteiger charge is 2.33. The average molecular weight is 346 g/mol. The lowest BCUT2D eigenvalue weighted by Crippen LogP contribution is -2.18. The van der Waals surface area contributed by atoms with Crippen molar-refractivity contribution >= 4 is 5.71 Å². The van der Waals surface area contributed by atoms with Gasteiger partial charge >= 0.3 is 0 Å². The van der Waals surface area contributed by atoms with Gasteiger partial charge in [-0.2, -0.15) is 0 Å². The Bertz CT molecular complexity index is 753. The van der Waals surface area contributed by atoms with Gasteiger partial charge in [0.2, 0.25) is 0 Å². The molecule has 0 aromatic heterocycles. The van der Waals surface area contributed by atoms with Gasteiger partial charge in [0.15, 0.2) is 0 Å². The number of hydrogen-bond acceptors (Lipinski definition) is 1. The molecule has 1 aliphatic heterocycles. The van der Waals surface area contributed by atoms with E-state index in [1.54, 1.807) is 0 Å². The summed E-state index contributed by atoms with van der Waals surface area (Å²) in [6.45, 7) is 12.0. The lowest BCUT2D eigenvalue weighted by atomic mass is 9.79. The van der Waals surface area contributed by atoms with E-state index in [4.69, 9.17) is 4.99 Å². The van der Waals surface area contributed by atoms with E-state index < -0.39 is 0 Å². The molecule has 0 radical (unpaired) electrons. The third-order valence-electron chi connectivity index (χ3n) is 5.39.